The van der Waals surface area contributed by atoms with Gasteiger partial charge in [0, 0.05) is 17.8 Å². The Labute approximate surface area is 161 Å². The van der Waals surface area contributed by atoms with E-state index in [0.717, 1.165) is 0 Å². The number of rotatable bonds is 7. The number of anilines is 1. The molecule has 0 fully saturated rings. The van der Waals surface area contributed by atoms with E-state index in [9.17, 15) is 4.79 Å². The highest BCUT2D eigenvalue weighted by molar-refractivity contribution is 6.01. The molecular weight excluding hydrogens is 366 g/mol. The number of nitrogens with one attached hydrogen (secondary N) is 1. The van der Waals surface area contributed by atoms with Crippen LogP contribution in [0.3, 0.4) is 0 Å². The fourth-order valence-corrected chi connectivity index (χ4v) is 2.50. The highest BCUT2D eigenvalue weighted by Gasteiger charge is 2.19. The first kappa shape index (κ1) is 19.2. The number of hydrogen-bond acceptors (Lipinski definition) is 8. The predicted molar refractivity (Wildman–Crippen MR) is 100.0 cm³/mol. The van der Waals surface area contributed by atoms with Gasteiger partial charge in [-0.05, 0) is 32.0 Å². The number of amides is 1. The lowest BCUT2D eigenvalue weighted by molar-refractivity contribution is 0.101. The summed E-state index contributed by atoms with van der Waals surface area (Å²) >= 11 is 0. The molecule has 0 aliphatic heterocycles. The van der Waals surface area contributed by atoms with Crippen molar-refractivity contribution in [2.45, 2.75) is 19.9 Å². The molecule has 0 aliphatic rings. The quantitative estimate of drug-likeness (QED) is 0.658. The van der Waals surface area contributed by atoms with E-state index < -0.39 is 5.91 Å². The fraction of sp³-hybridized carbons (Fsp3) is 0.333. The summed E-state index contributed by atoms with van der Waals surface area (Å²) in [6.45, 7) is 3.94. The highest BCUT2D eigenvalue weighted by Crippen LogP contribution is 2.41. The summed E-state index contributed by atoms with van der Waals surface area (Å²) in [4.78, 5) is 12.3. The number of nitrogens with zero attached hydrogens (tertiary/aromatic N) is 4. The van der Waals surface area contributed by atoms with E-state index in [-0.39, 0.29) is 23.6 Å². The Morgan fingerprint density at radius 3 is 2.32 bits per heavy atom. The van der Waals surface area contributed by atoms with Gasteiger partial charge in [0.15, 0.2) is 17.2 Å². The summed E-state index contributed by atoms with van der Waals surface area (Å²) in [6.07, 6.45) is 1.73. The van der Waals surface area contributed by atoms with E-state index in [1.54, 1.807) is 29.1 Å². The largest absolute Gasteiger partial charge is 0.493 e. The Bertz CT molecular complexity index is 953. The van der Waals surface area contributed by atoms with Crippen LogP contribution in [0.1, 0.15) is 30.4 Å². The summed E-state index contributed by atoms with van der Waals surface area (Å²) in [6, 6.07) is 5.06. The van der Waals surface area contributed by atoms with Crippen molar-refractivity contribution in [3.8, 4) is 28.7 Å². The summed E-state index contributed by atoms with van der Waals surface area (Å²) in [5.41, 5.74) is 0.799. The Hall–Kier alpha value is -3.56. The zero-order valence-electron chi connectivity index (χ0n) is 16.2. The van der Waals surface area contributed by atoms with E-state index in [4.69, 9.17) is 18.6 Å². The molecule has 3 aromatic rings. The molecule has 2 aromatic heterocycles. The van der Waals surface area contributed by atoms with Gasteiger partial charge in [-0.2, -0.15) is 5.10 Å². The summed E-state index contributed by atoms with van der Waals surface area (Å²) in [5.74, 6) is 1.07. The molecule has 0 unspecified atom stereocenters. The predicted octanol–water partition coefficient (Wildman–Crippen LogP) is 2.79. The summed E-state index contributed by atoms with van der Waals surface area (Å²) in [7, 11) is 4.54. The lowest BCUT2D eigenvalue weighted by Crippen LogP contribution is -2.14. The molecule has 1 aromatic carbocycles. The van der Waals surface area contributed by atoms with Crippen LogP contribution < -0.4 is 19.5 Å². The molecule has 1 amide bonds. The fourth-order valence-electron chi connectivity index (χ4n) is 2.50. The second-order valence-electron chi connectivity index (χ2n) is 6.06. The van der Waals surface area contributed by atoms with Crippen LogP contribution in [0.25, 0.3) is 11.5 Å². The van der Waals surface area contributed by atoms with Gasteiger partial charge in [0.2, 0.25) is 11.6 Å². The SMILES string of the molecule is COc1cc(-c2nnc(NC(=O)c3ccn(C(C)C)n3)o2)cc(OC)c1OC. The molecule has 10 heteroatoms. The minimum atomic E-state index is -0.445. The Balaban J connectivity index is 1.82. The summed E-state index contributed by atoms with van der Waals surface area (Å²) in [5, 5.41) is 14.6. The van der Waals surface area contributed by atoms with Crippen LogP contribution in [-0.4, -0.2) is 47.2 Å². The topological polar surface area (TPSA) is 114 Å². The smallest absolute Gasteiger partial charge is 0.322 e. The first-order valence-corrected chi connectivity index (χ1v) is 8.47. The van der Waals surface area contributed by atoms with Crippen LogP contribution in [0.2, 0.25) is 0 Å². The molecule has 0 bridgehead atoms. The third-order valence-electron chi connectivity index (χ3n) is 3.93. The summed E-state index contributed by atoms with van der Waals surface area (Å²) < 4.78 is 23.2. The number of hydrogen-bond donors (Lipinski definition) is 1. The van der Waals surface area contributed by atoms with Gasteiger partial charge in [-0.25, -0.2) is 0 Å². The molecule has 0 atom stereocenters. The van der Waals surface area contributed by atoms with E-state index in [2.05, 4.69) is 20.6 Å². The maximum absolute atomic E-state index is 12.3. The van der Waals surface area contributed by atoms with Crippen molar-refractivity contribution in [1.82, 2.24) is 20.0 Å². The van der Waals surface area contributed by atoms with Crippen LogP contribution in [-0.2, 0) is 0 Å². The number of benzene rings is 1. The van der Waals surface area contributed by atoms with Crippen LogP contribution >= 0.6 is 0 Å². The van der Waals surface area contributed by atoms with Crippen molar-refractivity contribution < 1.29 is 23.4 Å². The molecule has 0 saturated carbocycles. The second kappa shape index (κ2) is 7.99. The molecule has 28 heavy (non-hydrogen) atoms. The van der Waals surface area contributed by atoms with Crippen LogP contribution in [0.5, 0.6) is 17.2 Å². The Morgan fingerprint density at radius 2 is 1.79 bits per heavy atom. The monoisotopic (exact) mass is 387 g/mol. The average molecular weight is 387 g/mol. The molecule has 0 saturated heterocycles. The van der Waals surface area contributed by atoms with Gasteiger partial charge >= 0.3 is 6.01 Å². The minimum absolute atomic E-state index is 0.0483. The Morgan fingerprint density at radius 1 is 1.11 bits per heavy atom. The van der Waals surface area contributed by atoms with Gasteiger partial charge < -0.3 is 18.6 Å². The lowest BCUT2D eigenvalue weighted by Gasteiger charge is -2.12. The van der Waals surface area contributed by atoms with Gasteiger partial charge in [0.25, 0.3) is 5.91 Å². The average Bonchev–Trinajstić information content (AvgIpc) is 3.36. The van der Waals surface area contributed by atoms with Crippen molar-refractivity contribution in [3.05, 3.63) is 30.1 Å². The molecule has 10 nitrogen and oxygen atoms in total. The van der Waals surface area contributed by atoms with Gasteiger partial charge in [0.05, 0.1) is 21.3 Å². The van der Waals surface area contributed by atoms with Crippen molar-refractivity contribution >= 4 is 11.9 Å². The van der Waals surface area contributed by atoms with Crippen LogP contribution in [0, 0.1) is 0 Å². The van der Waals surface area contributed by atoms with Crippen LogP contribution in [0.4, 0.5) is 6.01 Å². The molecular formula is C18H21N5O5. The first-order chi connectivity index (χ1) is 13.5. The Kier molecular flexibility index (Phi) is 5.48. The molecule has 148 valence electrons. The number of carbonyl (C=O) groups excluding carboxylic acids is 1. The molecule has 0 radical (unpaired) electrons. The van der Waals surface area contributed by atoms with Crippen molar-refractivity contribution in [2.24, 2.45) is 0 Å². The second-order valence-corrected chi connectivity index (χ2v) is 6.06. The van der Waals surface area contributed by atoms with E-state index in [1.165, 1.54) is 21.3 Å². The molecule has 1 N–H and O–H groups in total. The standard InChI is InChI=1S/C18H21N5O5/c1-10(2)23-7-6-12(22-23)16(24)19-18-21-20-17(28-18)11-8-13(25-3)15(27-5)14(9-11)26-4/h6-10H,1-5H3,(H,19,21,24). The maximum atomic E-state index is 12.3. The van der Waals surface area contributed by atoms with Crippen molar-refractivity contribution in [1.29, 1.82) is 0 Å². The lowest BCUT2D eigenvalue weighted by atomic mass is 10.2. The zero-order chi connectivity index (χ0) is 20.3. The first-order valence-electron chi connectivity index (χ1n) is 8.47. The van der Waals surface area contributed by atoms with Gasteiger partial charge in [0.1, 0.15) is 0 Å². The number of methoxy groups -OCH3 is 3. The highest BCUT2D eigenvalue weighted by atomic mass is 16.5. The maximum Gasteiger partial charge on any atom is 0.322 e. The number of aromatic nitrogens is 4. The third kappa shape index (κ3) is 3.75. The van der Waals surface area contributed by atoms with Gasteiger partial charge in [-0.3, -0.25) is 14.8 Å². The normalized spacial score (nSPS) is 10.8. The van der Waals surface area contributed by atoms with Crippen molar-refractivity contribution in [2.75, 3.05) is 26.6 Å². The molecule has 2 heterocycles. The van der Waals surface area contributed by atoms with Gasteiger partial charge in [-0.15, -0.1) is 5.10 Å². The number of ether oxygens (including phenoxy) is 3. The number of carbonyl (C=O) groups is 1. The third-order valence-corrected chi connectivity index (χ3v) is 3.93. The minimum Gasteiger partial charge on any atom is -0.493 e. The molecule has 0 aliphatic carbocycles. The van der Waals surface area contributed by atoms with Crippen molar-refractivity contribution in [3.63, 3.8) is 0 Å². The van der Waals surface area contributed by atoms with E-state index >= 15 is 0 Å². The van der Waals surface area contributed by atoms with E-state index in [0.29, 0.717) is 22.8 Å². The molecule has 3 rings (SSSR count). The van der Waals surface area contributed by atoms with Gasteiger partial charge in [-0.1, -0.05) is 5.10 Å². The van der Waals surface area contributed by atoms with E-state index in [1.807, 2.05) is 13.8 Å². The molecule has 0 spiro atoms. The van der Waals surface area contributed by atoms with Crippen LogP contribution in [0.15, 0.2) is 28.8 Å². The zero-order valence-corrected chi connectivity index (χ0v) is 16.2.